The quantitative estimate of drug-likeness (QED) is 0.638. The summed E-state index contributed by atoms with van der Waals surface area (Å²) in [6, 6.07) is 2.35. The van der Waals surface area contributed by atoms with Gasteiger partial charge < -0.3 is 16.2 Å². The minimum Gasteiger partial charge on any atom is -0.396 e. The number of hydrogen-bond donors (Lipinski definition) is 3. The van der Waals surface area contributed by atoms with Crippen molar-refractivity contribution in [3.63, 3.8) is 0 Å². The Kier molecular flexibility index (Phi) is 4.28. The van der Waals surface area contributed by atoms with Crippen molar-refractivity contribution in [1.29, 1.82) is 0 Å². The molecular weight excluding hydrogens is 216 g/mol. The van der Waals surface area contributed by atoms with Crippen molar-refractivity contribution >= 4 is 5.82 Å². The van der Waals surface area contributed by atoms with Crippen molar-refractivity contribution < 1.29 is 5.11 Å². The molecule has 0 bridgehead atoms. The van der Waals surface area contributed by atoms with Gasteiger partial charge in [-0.25, -0.2) is 9.97 Å². The highest BCUT2D eigenvalue weighted by Crippen LogP contribution is 2.34. The van der Waals surface area contributed by atoms with Gasteiger partial charge >= 0.3 is 0 Å². The highest BCUT2D eigenvalue weighted by atomic mass is 16.2. The van der Waals surface area contributed by atoms with E-state index in [1.807, 2.05) is 6.07 Å². The number of anilines is 1. The Hall–Kier alpha value is -1.20. The summed E-state index contributed by atoms with van der Waals surface area (Å²) in [6.07, 6.45) is 5.43. The molecule has 0 atom stereocenters. The molecule has 1 fully saturated rings. The summed E-state index contributed by atoms with van der Waals surface area (Å²) in [5, 5.41) is 11.9. The Labute approximate surface area is 101 Å². The van der Waals surface area contributed by atoms with E-state index in [9.17, 15) is 0 Å². The summed E-state index contributed by atoms with van der Waals surface area (Å²) in [4.78, 5) is 8.47. The number of unbranched alkanes of at least 4 members (excludes halogenated alkanes) is 1. The lowest BCUT2D eigenvalue weighted by Crippen LogP contribution is -2.35. The van der Waals surface area contributed by atoms with E-state index in [1.165, 1.54) is 0 Å². The average molecular weight is 236 g/mol. The summed E-state index contributed by atoms with van der Waals surface area (Å²) in [5.74, 6) is 1.37. The third-order valence-corrected chi connectivity index (χ3v) is 3.17. The Morgan fingerprint density at radius 2 is 2.18 bits per heavy atom. The van der Waals surface area contributed by atoms with Gasteiger partial charge in [0.15, 0.2) is 0 Å². The van der Waals surface area contributed by atoms with Gasteiger partial charge in [-0.05, 0) is 25.7 Å². The van der Waals surface area contributed by atoms with Crippen molar-refractivity contribution in [1.82, 2.24) is 9.97 Å². The molecule has 0 aromatic carbocycles. The third-order valence-electron chi connectivity index (χ3n) is 3.17. The van der Waals surface area contributed by atoms with Gasteiger partial charge in [0.1, 0.15) is 12.1 Å². The number of rotatable bonds is 6. The second-order valence-corrected chi connectivity index (χ2v) is 4.61. The summed E-state index contributed by atoms with van der Waals surface area (Å²) in [6.45, 7) is 1.08. The van der Waals surface area contributed by atoms with E-state index in [4.69, 9.17) is 10.8 Å². The third kappa shape index (κ3) is 3.38. The molecule has 1 aliphatic rings. The normalized spacial score (nSPS) is 23.2. The van der Waals surface area contributed by atoms with Gasteiger partial charge in [0.25, 0.3) is 0 Å². The first-order valence-corrected chi connectivity index (χ1v) is 6.22. The van der Waals surface area contributed by atoms with Crippen LogP contribution in [0.15, 0.2) is 12.4 Å². The molecule has 0 spiro atoms. The van der Waals surface area contributed by atoms with Crippen molar-refractivity contribution in [2.45, 2.75) is 37.6 Å². The van der Waals surface area contributed by atoms with Crippen LogP contribution >= 0.6 is 0 Å². The van der Waals surface area contributed by atoms with Gasteiger partial charge in [-0.1, -0.05) is 0 Å². The maximum Gasteiger partial charge on any atom is 0.129 e. The number of hydrogen-bond acceptors (Lipinski definition) is 5. The lowest BCUT2D eigenvalue weighted by Gasteiger charge is -2.31. The van der Waals surface area contributed by atoms with Crippen molar-refractivity contribution in [3.05, 3.63) is 18.1 Å². The Morgan fingerprint density at radius 1 is 1.35 bits per heavy atom. The maximum atomic E-state index is 8.68. The summed E-state index contributed by atoms with van der Waals surface area (Å²) >= 11 is 0. The Bertz CT molecular complexity index is 352. The molecule has 0 saturated heterocycles. The van der Waals surface area contributed by atoms with Gasteiger partial charge in [0, 0.05) is 36.9 Å². The van der Waals surface area contributed by atoms with Crippen LogP contribution in [0.5, 0.6) is 0 Å². The van der Waals surface area contributed by atoms with Crippen LogP contribution in [0.3, 0.4) is 0 Å². The number of aromatic nitrogens is 2. The fourth-order valence-corrected chi connectivity index (χ4v) is 2.05. The number of aliphatic hydroxyl groups is 1. The molecule has 0 unspecified atom stereocenters. The fourth-order valence-electron chi connectivity index (χ4n) is 2.05. The van der Waals surface area contributed by atoms with Crippen LogP contribution in [-0.2, 0) is 0 Å². The number of nitrogens with zero attached hydrogens (tertiary/aromatic N) is 2. The molecule has 17 heavy (non-hydrogen) atoms. The van der Waals surface area contributed by atoms with Gasteiger partial charge in [-0.2, -0.15) is 0 Å². The molecule has 4 N–H and O–H groups in total. The fraction of sp³-hybridized carbons (Fsp3) is 0.667. The van der Waals surface area contributed by atoms with Crippen LogP contribution in [0, 0.1) is 0 Å². The van der Waals surface area contributed by atoms with Crippen LogP contribution < -0.4 is 11.1 Å². The lowest BCUT2D eigenvalue weighted by atomic mass is 9.79. The summed E-state index contributed by atoms with van der Waals surface area (Å²) in [7, 11) is 0. The molecule has 1 aliphatic carbocycles. The largest absolute Gasteiger partial charge is 0.396 e. The van der Waals surface area contributed by atoms with E-state index in [2.05, 4.69) is 15.3 Å². The molecular formula is C12H20N4O. The molecule has 0 amide bonds. The molecule has 1 aromatic heterocycles. The van der Waals surface area contributed by atoms with Gasteiger partial charge in [-0.15, -0.1) is 0 Å². The van der Waals surface area contributed by atoms with Gasteiger partial charge in [0.2, 0.25) is 0 Å². The minimum atomic E-state index is 0.247. The van der Waals surface area contributed by atoms with Crippen molar-refractivity contribution in [3.8, 4) is 0 Å². The van der Waals surface area contributed by atoms with Crippen LogP contribution in [-0.4, -0.2) is 34.3 Å². The minimum absolute atomic E-state index is 0.247. The first-order chi connectivity index (χ1) is 8.29. The number of nitrogens with one attached hydrogen (secondary N) is 1. The van der Waals surface area contributed by atoms with E-state index in [1.54, 1.807) is 6.33 Å². The molecule has 0 radical (unpaired) electrons. The highest BCUT2D eigenvalue weighted by Gasteiger charge is 2.28. The first-order valence-electron chi connectivity index (χ1n) is 6.22. The van der Waals surface area contributed by atoms with Gasteiger partial charge in [0.05, 0.1) is 0 Å². The maximum absolute atomic E-state index is 8.68. The van der Waals surface area contributed by atoms with Crippen molar-refractivity contribution in [2.24, 2.45) is 5.73 Å². The molecule has 1 heterocycles. The van der Waals surface area contributed by atoms with Gasteiger partial charge in [-0.3, -0.25) is 0 Å². The van der Waals surface area contributed by atoms with Crippen LogP contribution in [0.25, 0.3) is 0 Å². The summed E-state index contributed by atoms with van der Waals surface area (Å²) in [5.41, 5.74) is 6.86. The van der Waals surface area contributed by atoms with Crippen LogP contribution in [0.1, 0.15) is 37.3 Å². The molecule has 5 nitrogen and oxygen atoms in total. The molecule has 0 aliphatic heterocycles. The van der Waals surface area contributed by atoms with Crippen molar-refractivity contribution in [2.75, 3.05) is 18.5 Å². The van der Waals surface area contributed by atoms with E-state index in [0.29, 0.717) is 12.0 Å². The molecule has 1 saturated carbocycles. The highest BCUT2D eigenvalue weighted by molar-refractivity contribution is 5.36. The standard InChI is InChI=1S/C12H20N4O/c13-10-5-9(6-10)11-7-12(16-8-15-11)14-3-1-2-4-17/h7-10,17H,1-6,13H2,(H,14,15,16). The molecule has 1 aromatic rings. The average Bonchev–Trinajstić information content (AvgIpc) is 2.31. The van der Waals surface area contributed by atoms with E-state index < -0.39 is 0 Å². The monoisotopic (exact) mass is 236 g/mol. The molecule has 2 rings (SSSR count). The Morgan fingerprint density at radius 3 is 2.88 bits per heavy atom. The number of aliphatic hydroxyl groups excluding tert-OH is 1. The lowest BCUT2D eigenvalue weighted by molar-refractivity contribution is 0.286. The Balaban J connectivity index is 1.84. The van der Waals surface area contributed by atoms with E-state index in [-0.39, 0.29) is 6.61 Å². The van der Waals surface area contributed by atoms with Crippen LogP contribution in [0.4, 0.5) is 5.82 Å². The second-order valence-electron chi connectivity index (χ2n) is 4.61. The zero-order valence-electron chi connectivity index (χ0n) is 9.97. The predicted octanol–water partition coefficient (Wildman–Crippen LogP) is 0.866. The first kappa shape index (κ1) is 12.3. The second kappa shape index (κ2) is 5.93. The predicted molar refractivity (Wildman–Crippen MR) is 66.8 cm³/mol. The zero-order valence-corrected chi connectivity index (χ0v) is 9.97. The summed E-state index contributed by atoms with van der Waals surface area (Å²) < 4.78 is 0. The zero-order chi connectivity index (χ0) is 12.1. The molecule has 94 valence electrons. The van der Waals surface area contributed by atoms with E-state index >= 15 is 0 Å². The SMILES string of the molecule is NC1CC(c2cc(NCCCCO)ncn2)C1. The van der Waals surface area contributed by atoms with E-state index in [0.717, 1.165) is 43.7 Å². The smallest absolute Gasteiger partial charge is 0.129 e. The topological polar surface area (TPSA) is 84.1 Å². The number of nitrogens with two attached hydrogens (primary N) is 1. The van der Waals surface area contributed by atoms with Crippen LogP contribution in [0.2, 0.25) is 0 Å². The molecule has 5 heteroatoms.